The van der Waals surface area contributed by atoms with Gasteiger partial charge >= 0.3 is 0 Å². The number of oxazole rings is 1. The zero-order chi connectivity index (χ0) is 24.0. The van der Waals surface area contributed by atoms with E-state index in [1.165, 1.54) is 31.4 Å². The van der Waals surface area contributed by atoms with E-state index in [1.54, 1.807) is 24.3 Å². The predicted molar refractivity (Wildman–Crippen MR) is 121 cm³/mol. The van der Waals surface area contributed by atoms with Gasteiger partial charge in [0.15, 0.2) is 17.2 Å². The predicted octanol–water partition coefficient (Wildman–Crippen LogP) is 6.98. The number of anilines is 1. The number of rotatable bonds is 4. The Morgan fingerprint density at radius 2 is 1.47 bits per heavy atom. The molecule has 0 aliphatic rings. The summed E-state index contributed by atoms with van der Waals surface area (Å²) in [4.78, 5) is 4.24. The number of nitrogens with zero attached hydrogens (tertiary/aromatic N) is 1. The van der Waals surface area contributed by atoms with E-state index in [-0.39, 0.29) is 39.6 Å². The summed E-state index contributed by atoms with van der Waals surface area (Å²) in [6.07, 6.45) is 0. The SMILES string of the molecule is COc1cc(F)c(-c2ccc(N)cc2F)cc1-c1cccc(-c2nc3cc(F)c(F)cc3o2)c1. The lowest BCUT2D eigenvalue weighted by Crippen LogP contribution is -1.96. The molecule has 0 bridgehead atoms. The van der Waals surface area contributed by atoms with Crippen LogP contribution in [0.1, 0.15) is 0 Å². The van der Waals surface area contributed by atoms with Crippen molar-refractivity contribution in [2.45, 2.75) is 0 Å². The third-order valence-electron chi connectivity index (χ3n) is 5.42. The van der Waals surface area contributed by atoms with Gasteiger partial charge in [0.2, 0.25) is 5.89 Å². The van der Waals surface area contributed by atoms with Gasteiger partial charge < -0.3 is 14.9 Å². The summed E-state index contributed by atoms with van der Waals surface area (Å²) >= 11 is 0. The monoisotopic (exact) mass is 464 g/mol. The molecule has 0 saturated heterocycles. The van der Waals surface area contributed by atoms with Gasteiger partial charge in [0, 0.05) is 46.1 Å². The molecule has 1 aromatic heterocycles. The van der Waals surface area contributed by atoms with Crippen molar-refractivity contribution in [1.82, 2.24) is 4.98 Å². The lowest BCUT2D eigenvalue weighted by Gasteiger charge is -2.14. The fourth-order valence-corrected chi connectivity index (χ4v) is 3.77. The van der Waals surface area contributed by atoms with E-state index in [9.17, 15) is 17.6 Å². The smallest absolute Gasteiger partial charge is 0.227 e. The molecule has 0 aliphatic heterocycles. The normalized spacial score (nSPS) is 11.2. The molecule has 4 nitrogen and oxygen atoms in total. The Balaban J connectivity index is 1.64. The molecule has 0 fully saturated rings. The lowest BCUT2D eigenvalue weighted by molar-refractivity contribution is 0.413. The number of fused-ring (bicyclic) bond motifs is 1. The van der Waals surface area contributed by atoms with Gasteiger partial charge in [-0.15, -0.1) is 0 Å². The number of aromatic nitrogens is 1. The van der Waals surface area contributed by atoms with Crippen molar-refractivity contribution < 1.29 is 26.7 Å². The van der Waals surface area contributed by atoms with Gasteiger partial charge in [-0.05, 0) is 42.0 Å². The Morgan fingerprint density at radius 3 is 2.24 bits per heavy atom. The van der Waals surface area contributed by atoms with E-state index in [1.807, 2.05) is 0 Å². The molecule has 4 aromatic carbocycles. The third kappa shape index (κ3) is 3.73. The second kappa shape index (κ2) is 8.22. The number of nitrogens with two attached hydrogens (primary N) is 1. The third-order valence-corrected chi connectivity index (χ3v) is 5.42. The Morgan fingerprint density at radius 1 is 0.735 bits per heavy atom. The summed E-state index contributed by atoms with van der Waals surface area (Å²) in [5.41, 5.74) is 7.80. The molecule has 34 heavy (non-hydrogen) atoms. The van der Waals surface area contributed by atoms with Gasteiger partial charge in [-0.25, -0.2) is 22.5 Å². The van der Waals surface area contributed by atoms with Crippen LogP contribution in [-0.2, 0) is 0 Å². The molecule has 0 atom stereocenters. The highest BCUT2D eigenvalue weighted by atomic mass is 19.2. The van der Waals surface area contributed by atoms with Crippen molar-refractivity contribution in [3.8, 4) is 39.5 Å². The summed E-state index contributed by atoms with van der Waals surface area (Å²) < 4.78 is 67.5. The quantitative estimate of drug-likeness (QED) is 0.230. The molecule has 0 aliphatic carbocycles. The Kier molecular flexibility index (Phi) is 5.20. The van der Waals surface area contributed by atoms with Crippen LogP contribution in [0.25, 0.3) is 44.8 Å². The van der Waals surface area contributed by atoms with Gasteiger partial charge in [0.05, 0.1) is 7.11 Å². The second-order valence-electron chi connectivity index (χ2n) is 7.61. The van der Waals surface area contributed by atoms with Crippen LogP contribution in [-0.4, -0.2) is 12.1 Å². The van der Waals surface area contributed by atoms with E-state index >= 15 is 0 Å². The maximum Gasteiger partial charge on any atom is 0.227 e. The molecule has 0 spiro atoms. The summed E-state index contributed by atoms with van der Waals surface area (Å²) in [5.74, 6) is -3.01. The van der Waals surface area contributed by atoms with Crippen molar-refractivity contribution in [2.24, 2.45) is 0 Å². The van der Waals surface area contributed by atoms with Crippen LogP contribution >= 0.6 is 0 Å². The van der Waals surface area contributed by atoms with Crippen LogP contribution in [0.2, 0.25) is 0 Å². The Hall–Kier alpha value is -4.33. The molecular formula is C26H16F4N2O2. The van der Waals surface area contributed by atoms with Crippen molar-refractivity contribution in [3.05, 3.63) is 90.0 Å². The fraction of sp³-hybridized carbons (Fsp3) is 0.0385. The molecule has 0 radical (unpaired) electrons. The fourth-order valence-electron chi connectivity index (χ4n) is 3.77. The van der Waals surface area contributed by atoms with E-state index in [4.69, 9.17) is 14.9 Å². The molecule has 0 saturated carbocycles. The minimum Gasteiger partial charge on any atom is -0.496 e. The minimum absolute atomic E-state index is 0.0338. The van der Waals surface area contributed by atoms with E-state index < -0.39 is 23.3 Å². The number of hydrogen-bond donors (Lipinski definition) is 1. The Labute approximate surface area is 191 Å². The lowest BCUT2D eigenvalue weighted by atomic mass is 9.96. The molecule has 2 N–H and O–H groups in total. The maximum atomic E-state index is 14.9. The van der Waals surface area contributed by atoms with Crippen molar-refractivity contribution in [1.29, 1.82) is 0 Å². The van der Waals surface area contributed by atoms with Gasteiger partial charge in [0.1, 0.15) is 22.9 Å². The van der Waals surface area contributed by atoms with E-state index in [2.05, 4.69) is 4.98 Å². The molecule has 170 valence electrons. The highest BCUT2D eigenvalue weighted by Gasteiger charge is 2.18. The summed E-state index contributed by atoms with van der Waals surface area (Å²) in [5, 5.41) is 0. The molecule has 8 heteroatoms. The summed E-state index contributed by atoms with van der Waals surface area (Å²) in [6, 6.07) is 15.5. The van der Waals surface area contributed by atoms with Crippen molar-refractivity contribution in [2.75, 3.05) is 12.8 Å². The van der Waals surface area contributed by atoms with Crippen LogP contribution in [0.5, 0.6) is 5.75 Å². The van der Waals surface area contributed by atoms with E-state index in [0.717, 1.165) is 18.2 Å². The topological polar surface area (TPSA) is 61.3 Å². The molecular weight excluding hydrogens is 448 g/mol. The zero-order valence-corrected chi connectivity index (χ0v) is 17.7. The van der Waals surface area contributed by atoms with Crippen molar-refractivity contribution in [3.63, 3.8) is 0 Å². The van der Waals surface area contributed by atoms with Crippen LogP contribution in [0.15, 0.2) is 71.1 Å². The first-order valence-corrected chi connectivity index (χ1v) is 10.1. The number of nitrogen functional groups attached to an aromatic ring is 1. The molecule has 0 unspecified atom stereocenters. The van der Waals surface area contributed by atoms with E-state index in [0.29, 0.717) is 16.7 Å². The summed E-state index contributed by atoms with van der Waals surface area (Å²) in [6.45, 7) is 0. The zero-order valence-electron chi connectivity index (χ0n) is 17.7. The first kappa shape index (κ1) is 21.5. The molecule has 5 rings (SSSR count). The highest BCUT2D eigenvalue weighted by Crippen LogP contribution is 2.39. The van der Waals surface area contributed by atoms with Crippen molar-refractivity contribution >= 4 is 16.8 Å². The average molecular weight is 464 g/mol. The average Bonchev–Trinajstić information content (AvgIpc) is 3.22. The number of ether oxygens (including phenoxy) is 1. The molecule has 1 heterocycles. The maximum absolute atomic E-state index is 14.9. The first-order valence-electron chi connectivity index (χ1n) is 10.1. The van der Waals surface area contributed by atoms with Gasteiger partial charge in [-0.1, -0.05) is 12.1 Å². The standard InChI is InChI=1S/C26H16F4N2O2/c1-33-24-11-20(28)18(16-6-5-15(31)8-19(16)27)9-17(24)13-3-2-4-14(7-13)26-32-23-10-21(29)22(30)12-25(23)34-26/h2-12H,31H2,1H3. The van der Waals surface area contributed by atoms with Crippen LogP contribution in [0.4, 0.5) is 23.2 Å². The molecule has 0 amide bonds. The molecule has 5 aromatic rings. The summed E-state index contributed by atoms with van der Waals surface area (Å²) in [7, 11) is 1.40. The van der Waals surface area contributed by atoms with Crippen LogP contribution in [0, 0.1) is 23.3 Å². The van der Waals surface area contributed by atoms with Crippen LogP contribution < -0.4 is 10.5 Å². The second-order valence-corrected chi connectivity index (χ2v) is 7.61. The number of benzene rings is 4. The van der Waals surface area contributed by atoms with Crippen LogP contribution in [0.3, 0.4) is 0 Å². The first-order chi connectivity index (χ1) is 16.3. The largest absolute Gasteiger partial charge is 0.496 e. The number of methoxy groups -OCH3 is 1. The van der Waals surface area contributed by atoms with Gasteiger partial charge in [-0.3, -0.25) is 0 Å². The minimum atomic E-state index is -1.04. The number of hydrogen-bond acceptors (Lipinski definition) is 4. The number of halogens is 4. The Bertz CT molecular complexity index is 1520. The highest BCUT2D eigenvalue weighted by molar-refractivity contribution is 5.82. The van der Waals surface area contributed by atoms with Gasteiger partial charge in [0.25, 0.3) is 0 Å². The van der Waals surface area contributed by atoms with Gasteiger partial charge in [-0.2, -0.15) is 0 Å².